The molecular formula is C27H32N2O3. The van der Waals surface area contributed by atoms with Crippen molar-refractivity contribution in [3.63, 3.8) is 0 Å². The number of aromatic nitrogens is 1. The van der Waals surface area contributed by atoms with Crippen molar-refractivity contribution in [2.24, 2.45) is 23.2 Å². The number of rotatable bonds is 7. The Morgan fingerprint density at radius 2 is 1.97 bits per heavy atom. The summed E-state index contributed by atoms with van der Waals surface area (Å²) in [6.45, 7) is 5.20. The summed E-state index contributed by atoms with van der Waals surface area (Å²) in [7, 11) is 1.65. The van der Waals surface area contributed by atoms with Crippen molar-refractivity contribution in [2.75, 3.05) is 13.7 Å². The lowest BCUT2D eigenvalue weighted by Crippen LogP contribution is -2.36. The van der Waals surface area contributed by atoms with Crippen LogP contribution in [-0.4, -0.2) is 24.1 Å². The summed E-state index contributed by atoms with van der Waals surface area (Å²) in [6.07, 6.45) is 9.21. The van der Waals surface area contributed by atoms with Gasteiger partial charge in [-0.15, -0.1) is 0 Å². The van der Waals surface area contributed by atoms with E-state index in [1.165, 1.54) is 12.8 Å². The van der Waals surface area contributed by atoms with Crippen LogP contribution in [0.2, 0.25) is 0 Å². The van der Waals surface area contributed by atoms with Crippen LogP contribution in [-0.2, 0) is 13.0 Å². The largest absolute Gasteiger partial charge is 0.497 e. The van der Waals surface area contributed by atoms with E-state index in [2.05, 4.69) is 22.0 Å². The number of pyridine rings is 1. The van der Waals surface area contributed by atoms with Gasteiger partial charge in [0.2, 0.25) is 0 Å². The van der Waals surface area contributed by atoms with Crippen molar-refractivity contribution >= 4 is 5.91 Å². The topological polar surface area (TPSA) is 60.3 Å². The van der Waals surface area contributed by atoms with Gasteiger partial charge in [0.15, 0.2) is 5.43 Å². The SMILES string of the molecule is CCc1c(C(=O)NC[C@H]2C[C@H]3C=C[C@@H]2C32CC2)c(=O)cc(C)n1Cc1ccc(OC)cc1. The van der Waals surface area contributed by atoms with E-state index in [1.807, 2.05) is 38.1 Å². The number of carbonyl (C=O) groups is 1. The number of aryl methyl sites for hydroxylation is 1. The highest BCUT2D eigenvalue weighted by atomic mass is 16.5. The molecule has 0 saturated heterocycles. The lowest BCUT2D eigenvalue weighted by molar-refractivity contribution is 0.0941. The quantitative estimate of drug-likeness (QED) is 0.670. The molecule has 5 rings (SSSR count). The minimum atomic E-state index is -0.230. The molecule has 0 unspecified atom stereocenters. The highest BCUT2D eigenvalue weighted by Crippen LogP contribution is 2.69. The van der Waals surface area contributed by atoms with Crippen LogP contribution in [0, 0.1) is 30.1 Å². The van der Waals surface area contributed by atoms with Crippen molar-refractivity contribution in [2.45, 2.75) is 46.1 Å². The van der Waals surface area contributed by atoms with Crippen LogP contribution in [0.1, 0.15) is 53.5 Å². The third-order valence-electron chi connectivity index (χ3n) is 8.06. The van der Waals surface area contributed by atoms with Crippen LogP contribution >= 0.6 is 0 Å². The zero-order valence-corrected chi connectivity index (χ0v) is 19.2. The number of benzene rings is 1. The number of ether oxygens (including phenoxy) is 1. The molecule has 2 saturated carbocycles. The predicted molar refractivity (Wildman–Crippen MR) is 125 cm³/mol. The Bertz CT molecular complexity index is 1120. The van der Waals surface area contributed by atoms with E-state index in [9.17, 15) is 9.59 Å². The summed E-state index contributed by atoms with van der Waals surface area (Å²) in [5.41, 5.74) is 3.39. The third kappa shape index (κ3) is 3.39. The van der Waals surface area contributed by atoms with Gasteiger partial charge >= 0.3 is 0 Å². The average Bonchev–Trinajstić information content (AvgIpc) is 3.46. The second-order valence-corrected chi connectivity index (χ2v) is 9.72. The molecule has 32 heavy (non-hydrogen) atoms. The van der Waals surface area contributed by atoms with Crippen LogP contribution in [0.25, 0.3) is 0 Å². The van der Waals surface area contributed by atoms with E-state index in [4.69, 9.17) is 4.74 Å². The Labute approximate surface area is 189 Å². The van der Waals surface area contributed by atoms with Crippen molar-refractivity contribution in [3.05, 3.63) is 75.2 Å². The van der Waals surface area contributed by atoms with Gasteiger partial charge in [0.05, 0.1) is 7.11 Å². The maximum Gasteiger partial charge on any atom is 0.257 e. The fourth-order valence-corrected chi connectivity index (χ4v) is 6.24. The van der Waals surface area contributed by atoms with Gasteiger partial charge in [-0.3, -0.25) is 9.59 Å². The Kier molecular flexibility index (Phi) is 5.23. The van der Waals surface area contributed by atoms with Crippen molar-refractivity contribution in [1.82, 2.24) is 9.88 Å². The van der Waals surface area contributed by atoms with E-state index in [0.717, 1.165) is 29.1 Å². The van der Waals surface area contributed by atoms with Gasteiger partial charge in [-0.2, -0.15) is 0 Å². The molecule has 3 aliphatic carbocycles. The summed E-state index contributed by atoms with van der Waals surface area (Å²) in [5, 5.41) is 3.13. The molecule has 1 heterocycles. The van der Waals surface area contributed by atoms with Crippen molar-refractivity contribution in [3.8, 4) is 5.75 Å². The smallest absolute Gasteiger partial charge is 0.257 e. The minimum absolute atomic E-state index is 0.186. The molecule has 1 amide bonds. The first kappa shape index (κ1) is 21.0. The van der Waals surface area contributed by atoms with Gasteiger partial charge < -0.3 is 14.6 Å². The molecule has 3 aliphatic rings. The number of carbonyl (C=O) groups excluding carboxylic acids is 1. The molecule has 0 aliphatic heterocycles. The zero-order chi connectivity index (χ0) is 22.5. The molecule has 2 bridgehead atoms. The number of nitrogens with one attached hydrogen (secondary N) is 1. The van der Waals surface area contributed by atoms with Gasteiger partial charge in [-0.05, 0) is 73.5 Å². The van der Waals surface area contributed by atoms with Crippen molar-refractivity contribution in [1.29, 1.82) is 0 Å². The molecule has 5 nitrogen and oxygen atoms in total. The molecule has 1 N–H and O–H groups in total. The lowest BCUT2D eigenvalue weighted by atomic mass is 9.89. The van der Waals surface area contributed by atoms with Crippen LogP contribution in [0.3, 0.4) is 0 Å². The Balaban J connectivity index is 1.36. The van der Waals surface area contributed by atoms with E-state index in [-0.39, 0.29) is 11.3 Å². The minimum Gasteiger partial charge on any atom is -0.497 e. The standard InChI is InChI=1S/C27H32N2O3/c1-4-23-25(26(31)28-15-19-14-20-7-10-22(19)27(20)11-12-27)24(30)13-17(2)29(23)16-18-5-8-21(32-3)9-6-18/h5-10,13,19-20,22H,4,11-12,14-16H2,1-3H3,(H,28,31)/t19-,20-,22+/m1/s1. The molecule has 168 valence electrons. The summed E-state index contributed by atoms with van der Waals surface area (Å²) in [6, 6.07) is 9.50. The maximum atomic E-state index is 13.2. The molecule has 0 radical (unpaired) electrons. The second kappa shape index (κ2) is 7.95. The molecule has 1 spiro atoms. The first-order valence-corrected chi connectivity index (χ1v) is 11.8. The van der Waals surface area contributed by atoms with Crippen LogP contribution < -0.4 is 15.5 Å². The molecular weight excluding hydrogens is 400 g/mol. The number of allylic oxidation sites excluding steroid dienone is 2. The number of hydrogen-bond donors (Lipinski definition) is 1. The summed E-state index contributed by atoms with van der Waals surface area (Å²) in [4.78, 5) is 26.1. The van der Waals surface area contributed by atoms with Gasteiger partial charge in [0.1, 0.15) is 11.3 Å². The van der Waals surface area contributed by atoms with Crippen molar-refractivity contribution < 1.29 is 9.53 Å². The summed E-state index contributed by atoms with van der Waals surface area (Å²) < 4.78 is 7.35. The molecule has 2 fully saturated rings. The Hall–Kier alpha value is -2.82. The fraction of sp³-hybridized carbons (Fsp3) is 0.481. The number of amides is 1. The summed E-state index contributed by atoms with van der Waals surface area (Å²) in [5.74, 6) is 2.37. The van der Waals surface area contributed by atoms with E-state index in [0.29, 0.717) is 48.2 Å². The average molecular weight is 433 g/mol. The first-order valence-electron chi connectivity index (χ1n) is 11.8. The van der Waals surface area contributed by atoms with Gasteiger partial charge in [-0.1, -0.05) is 31.2 Å². The van der Waals surface area contributed by atoms with E-state index in [1.54, 1.807) is 13.2 Å². The maximum absolute atomic E-state index is 13.2. The van der Waals surface area contributed by atoms with Gasteiger partial charge in [-0.25, -0.2) is 0 Å². The lowest BCUT2D eigenvalue weighted by Gasteiger charge is -2.22. The molecule has 1 aromatic carbocycles. The number of nitrogens with zero attached hydrogens (tertiary/aromatic N) is 1. The fourth-order valence-electron chi connectivity index (χ4n) is 6.24. The van der Waals surface area contributed by atoms with E-state index >= 15 is 0 Å². The number of hydrogen-bond acceptors (Lipinski definition) is 3. The van der Waals surface area contributed by atoms with E-state index < -0.39 is 0 Å². The van der Waals surface area contributed by atoms with Gasteiger partial charge in [0, 0.05) is 30.5 Å². The second-order valence-electron chi connectivity index (χ2n) is 9.72. The van der Waals surface area contributed by atoms with Crippen LogP contribution in [0.5, 0.6) is 5.75 Å². The highest BCUT2D eigenvalue weighted by molar-refractivity contribution is 5.95. The van der Waals surface area contributed by atoms with Gasteiger partial charge in [0.25, 0.3) is 5.91 Å². The zero-order valence-electron chi connectivity index (χ0n) is 19.2. The normalized spacial score (nSPS) is 24.2. The third-order valence-corrected chi connectivity index (χ3v) is 8.06. The Morgan fingerprint density at radius 3 is 2.59 bits per heavy atom. The van der Waals surface area contributed by atoms with Crippen LogP contribution in [0.15, 0.2) is 47.3 Å². The summed E-state index contributed by atoms with van der Waals surface area (Å²) >= 11 is 0. The Morgan fingerprint density at radius 1 is 1.22 bits per heavy atom. The number of methoxy groups -OCH3 is 1. The highest BCUT2D eigenvalue weighted by Gasteiger charge is 2.62. The first-order chi connectivity index (χ1) is 15.5. The molecule has 5 heteroatoms. The van der Waals surface area contributed by atoms with Crippen LogP contribution in [0.4, 0.5) is 0 Å². The molecule has 2 aromatic rings. The predicted octanol–water partition coefficient (Wildman–Crippen LogP) is 4.11. The molecule has 1 aromatic heterocycles. The molecule has 3 atom stereocenters. The monoisotopic (exact) mass is 432 g/mol.